The Balaban J connectivity index is 1.73. The minimum atomic E-state index is 0.519. The van der Waals surface area contributed by atoms with Gasteiger partial charge in [-0.25, -0.2) is 0 Å². The van der Waals surface area contributed by atoms with Crippen LogP contribution in [0.5, 0.6) is 5.75 Å². The third kappa shape index (κ3) is 4.80. The van der Waals surface area contributed by atoms with Gasteiger partial charge in [0, 0.05) is 27.3 Å². The Morgan fingerprint density at radius 1 is 1.00 bits per heavy atom. The Hall–Kier alpha value is -1.97. The van der Waals surface area contributed by atoms with E-state index in [1.54, 1.807) is 0 Å². The zero-order valence-corrected chi connectivity index (χ0v) is 17.2. The molecule has 3 rings (SSSR count). The van der Waals surface area contributed by atoms with Crippen LogP contribution in [0.4, 0.5) is 5.69 Å². The maximum absolute atomic E-state index is 6.20. The molecule has 0 aromatic heterocycles. The lowest BCUT2D eigenvalue weighted by molar-refractivity contribution is 0.303. The van der Waals surface area contributed by atoms with Crippen molar-refractivity contribution in [3.05, 3.63) is 92.4 Å². The highest BCUT2D eigenvalue weighted by Crippen LogP contribution is 2.26. The molecule has 0 saturated heterocycles. The predicted molar refractivity (Wildman–Crippen MR) is 113 cm³/mol. The lowest BCUT2D eigenvalue weighted by Gasteiger charge is -2.15. The van der Waals surface area contributed by atoms with Gasteiger partial charge in [0.15, 0.2) is 0 Å². The summed E-state index contributed by atoms with van der Waals surface area (Å²) >= 11 is 9.65. The van der Waals surface area contributed by atoms with Crippen molar-refractivity contribution < 1.29 is 4.74 Å². The van der Waals surface area contributed by atoms with E-state index in [1.165, 1.54) is 11.1 Å². The van der Waals surface area contributed by atoms with E-state index < -0.39 is 0 Å². The SMILES string of the molecule is Cc1cccc(NCc2cc(Cl)ccc2OCc2ccc(Br)cc2)c1C. The smallest absolute Gasteiger partial charge is 0.124 e. The molecule has 0 aliphatic rings. The van der Waals surface area contributed by atoms with Crippen LogP contribution in [0.15, 0.2) is 65.1 Å². The molecule has 0 amide bonds. The minimum absolute atomic E-state index is 0.519. The summed E-state index contributed by atoms with van der Waals surface area (Å²) in [6.45, 7) is 5.42. The summed E-state index contributed by atoms with van der Waals surface area (Å²) in [4.78, 5) is 0. The summed E-state index contributed by atoms with van der Waals surface area (Å²) in [6.07, 6.45) is 0. The van der Waals surface area contributed by atoms with Gasteiger partial charge in [-0.15, -0.1) is 0 Å². The number of benzene rings is 3. The number of nitrogens with one attached hydrogen (secondary N) is 1. The molecule has 1 N–H and O–H groups in total. The molecular formula is C22H21BrClNO. The number of hydrogen-bond donors (Lipinski definition) is 1. The van der Waals surface area contributed by atoms with Gasteiger partial charge in [-0.3, -0.25) is 0 Å². The van der Waals surface area contributed by atoms with Crippen molar-refractivity contribution in [2.75, 3.05) is 5.32 Å². The highest BCUT2D eigenvalue weighted by atomic mass is 79.9. The molecule has 3 aromatic carbocycles. The third-order valence-electron chi connectivity index (χ3n) is 4.40. The summed E-state index contributed by atoms with van der Waals surface area (Å²) in [5.74, 6) is 0.843. The van der Waals surface area contributed by atoms with E-state index in [0.29, 0.717) is 18.2 Å². The second-order valence-electron chi connectivity index (χ2n) is 6.27. The molecule has 0 radical (unpaired) electrons. The van der Waals surface area contributed by atoms with Gasteiger partial charge >= 0.3 is 0 Å². The number of anilines is 1. The van der Waals surface area contributed by atoms with Crippen LogP contribution < -0.4 is 10.1 Å². The Labute approximate surface area is 168 Å². The summed E-state index contributed by atoms with van der Waals surface area (Å²) in [5.41, 5.74) is 5.82. The van der Waals surface area contributed by atoms with E-state index in [-0.39, 0.29) is 0 Å². The first kappa shape index (κ1) is 18.8. The Morgan fingerprint density at radius 3 is 2.54 bits per heavy atom. The summed E-state index contributed by atoms with van der Waals surface area (Å²) < 4.78 is 7.11. The molecule has 0 aliphatic heterocycles. The summed E-state index contributed by atoms with van der Waals surface area (Å²) in [5, 5.41) is 4.21. The molecule has 0 atom stereocenters. The second kappa shape index (κ2) is 8.61. The molecule has 0 aliphatic carbocycles. The molecule has 134 valence electrons. The number of ether oxygens (including phenoxy) is 1. The van der Waals surface area contributed by atoms with Gasteiger partial charge in [0.25, 0.3) is 0 Å². The Kier molecular flexibility index (Phi) is 6.23. The lowest BCUT2D eigenvalue weighted by atomic mass is 10.1. The average Bonchev–Trinajstić information content (AvgIpc) is 2.63. The van der Waals surface area contributed by atoms with Crippen LogP contribution in [0, 0.1) is 13.8 Å². The van der Waals surface area contributed by atoms with Gasteiger partial charge in [-0.2, -0.15) is 0 Å². The largest absolute Gasteiger partial charge is 0.489 e. The van der Waals surface area contributed by atoms with Crippen molar-refractivity contribution in [2.45, 2.75) is 27.0 Å². The van der Waals surface area contributed by atoms with Crippen molar-refractivity contribution in [2.24, 2.45) is 0 Å². The zero-order chi connectivity index (χ0) is 18.5. The van der Waals surface area contributed by atoms with Gasteiger partial charge < -0.3 is 10.1 Å². The first-order valence-corrected chi connectivity index (χ1v) is 9.66. The average molecular weight is 431 g/mol. The van der Waals surface area contributed by atoms with Crippen LogP contribution in [-0.2, 0) is 13.2 Å². The molecule has 0 bridgehead atoms. The van der Waals surface area contributed by atoms with E-state index >= 15 is 0 Å². The van der Waals surface area contributed by atoms with Crippen molar-refractivity contribution in [3.8, 4) is 5.75 Å². The van der Waals surface area contributed by atoms with E-state index in [0.717, 1.165) is 27.0 Å². The predicted octanol–water partition coefficient (Wildman–Crippen LogP) is 6.91. The molecule has 2 nitrogen and oxygen atoms in total. The fourth-order valence-corrected chi connectivity index (χ4v) is 3.16. The highest BCUT2D eigenvalue weighted by Gasteiger charge is 2.07. The zero-order valence-electron chi connectivity index (χ0n) is 14.9. The molecule has 0 heterocycles. The van der Waals surface area contributed by atoms with Gasteiger partial charge in [-0.05, 0) is 66.9 Å². The maximum atomic E-state index is 6.20. The normalized spacial score (nSPS) is 10.6. The number of halogens is 2. The van der Waals surface area contributed by atoms with Crippen LogP contribution in [0.2, 0.25) is 5.02 Å². The van der Waals surface area contributed by atoms with Crippen LogP contribution >= 0.6 is 27.5 Å². The van der Waals surface area contributed by atoms with E-state index in [4.69, 9.17) is 16.3 Å². The molecule has 26 heavy (non-hydrogen) atoms. The quantitative estimate of drug-likeness (QED) is 0.458. The van der Waals surface area contributed by atoms with Gasteiger partial charge in [0.2, 0.25) is 0 Å². The molecule has 0 spiro atoms. The number of hydrogen-bond acceptors (Lipinski definition) is 2. The van der Waals surface area contributed by atoms with Crippen LogP contribution in [0.1, 0.15) is 22.3 Å². The van der Waals surface area contributed by atoms with Gasteiger partial charge in [0.1, 0.15) is 12.4 Å². The van der Waals surface area contributed by atoms with Crippen LogP contribution in [0.3, 0.4) is 0 Å². The molecule has 4 heteroatoms. The first-order valence-electron chi connectivity index (χ1n) is 8.48. The third-order valence-corrected chi connectivity index (χ3v) is 5.17. The highest BCUT2D eigenvalue weighted by molar-refractivity contribution is 9.10. The molecule has 0 unspecified atom stereocenters. The van der Waals surface area contributed by atoms with Gasteiger partial charge in [-0.1, -0.05) is 51.8 Å². The molecular weight excluding hydrogens is 410 g/mol. The summed E-state index contributed by atoms with van der Waals surface area (Å²) in [7, 11) is 0. The van der Waals surface area contributed by atoms with Gasteiger partial charge in [0.05, 0.1) is 0 Å². The van der Waals surface area contributed by atoms with Crippen molar-refractivity contribution in [3.63, 3.8) is 0 Å². The standard InChI is InChI=1S/C22H21BrClNO/c1-15-4-3-5-21(16(15)2)25-13-18-12-20(24)10-11-22(18)26-14-17-6-8-19(23)9-7-17/h3-12,25H,13-14H2,1-2H3. The van der Waals surface area contributed by atoms with E-state index in [2.05, 4.69) is 53.3 Å². The van der Waals surface area contributed by atoms with Crippen molar-refractivity contribution in [1.82, 2.24) is 0 Å². The first-order chi connectivity index (χ1) is 12.5. The topological polar surface area (TPSA) is 21.3 Å². The van der Waals surface area contributed by atoms with Crippen LogP contribution in [-0.4, -0.2) is 0 Å². The minimum Gasteiger partial charge on any atom is -0.489 e. The number of rotatable bonds is 6. The van der Waals surface area contributed by atoms with Crippen molar-refractivity contribution in [1.29, 1.82) is 0 Å². The lowest BCUT2D eigenvalue weighted by Crippen LogP contribution is -2.05. The second-order valence-corrected chi connectivity index (χ2v) is 7.62. The van der Waals surface area contributed by atoms with Crippen LogP contribution in [0.25, 0.3) is 0 Å². The Morgan fingerprint density at radius 2 is 1.77 bits per heavy atom. The fraction of sp³-hybridized carbons (Fsp3) is 0.182. The van der Waals surface area contributed by atoms with Crippen molar-refractivity contribution >= 4 is 33.2 Å². The Bertz CT molecular complexity index is 893. The fourth-order valence-electron chi connectivity index (χ4n) is 2.70. The monoisotopic (exact) mass is 429 g/mol. The molecule has 0 saturated carbocycles. The molecule has 3 aromatic rings. The maximum Gasteiger partial charge on any atom is 0.124 e. The van der Waals surface area contributed by atoms with E-state index in [1.807, 2.05) is 42.5 Å². The van der Waals surface area contributed by atoms with E-state index in [9.17, 15) is 0 Å². The summed E-state index contributed by atoms with van der Waals surface area (Å²) in [6, 6.07) is 20.2. The number of aryl methyl sites for hydroxylation is 1. The molecule has 0 fully saturated rings.